The van der Waals surface area contributed by atoms with Crippen LogP contribution in [-0.4, -0.2) is 26.6 Å². The van der Waals surface area contributed by atoms with E-state index >= 15 is 0 Å². The van der Waals surface area contributed by atoms with Crippen molar-refractivity contribution >= 4 is 21.6 Å². The van der Waals surface area contributed by atoms with Gasteiger partial charge in [0.2, 0.25) is 10.0 Å². The molecule has 144 valence electrons. The first kappa shape index (κ1) is 19.4. The van der Waals surface area contributed by atoms with Gasteiger partial charge in [0.05, 0.1) is 17.5 Å². The van der Waals surface area contributed by atoms with Crippen LogP contribution in [0.1, 0.15) is 53.7 Å². The maximum atomic E-state index is 12.8. The molecule has 1 amide bonds. The Labute approximate surface area is 161 Å². The molecule has 0 spiro atoms. The molecule has 0 unspecified atom stereocenters. The summed E-state index contributed by atoms with van der Waals surface area (Å²) in [4.78, 5) is 12.8. The maximum absolute atomic E-state index is 12.8. The van der Waals surface area contributed by atoms with Gasteiger partial charge < -0.3 is 5.32 Å². The summed E-state index contributed by atoms with van der Waals surface area (Å²) in [6.45, 7) is 4.37. The third-order valence-corrected chi connectivity index (χ3v) is 6.86. The number of carbonyl (C=O) groups is 1. The van der Waals surface area contributed by atoms with Crippen LogP contribution in [-0.2, 0) is 10.0 Å². The van der Waals surface area contributed by atoms with Gasteiger partial charge in [-0.3, -0.25) is 9.10 Å². The van der Waals surface area contributed by atoms with Crippen molar-refractivity contribution in [2.24, 2.45) is 0 Å². The van der Waals surface area contributed by atoms with E-state index in [1.54, 1.807) is 12.1 Å². The van der Waals surface area contributed by atoms with Gasteiger partial charge in [-0.1, -0.05) is 43.3 Å². The quantitative estimate of drug-likeness (QED) is 0.850. The number of benzene rings is 2. The molecular weight excluding hydrogens is 360 g/mol. The zero-order chi connectivity index (χ0) is 19.4. The standard InChI is InChI=1S/C21H26N2O3S/c1-3-19(17-9-5-4-6-10-17)22-21(24)18-12-11-16(2)20(15-18)23-13-7-8-14-27(23,25)26/h4-6,9-12,15,19H,3,7-8,13-14H2,1-2H3,(H,22,24)/t19-/m0/s1. The molecule has 1 N–H and O–H groups in total. The van der Waals surface area contributed by atoms with Crippen LogP contribution in [0.25, 0.3) is 0 Å². The van der Waals surface area contributed by atoms with Crippen molar-refractivity contribution in [2.45, 2.75) is 39.2 Å². The van der Waals surface area contributed by atoms with Crippen LogP contribution in [0.4, 0.5) is 5.69 Å². The second kappa shape index (κ2) is 8.13. The summed E-state index contributed by atoms with van der Waals surface area (Å²) in [6, 6.07) is 15.0. The second-order valence-electron chi connectivity index (χ2n) is 6.94. The number of amides is 1. The van der Waals surface area contributed by atoms with Gasteiger partial charge in [0.25, 0.3) is 5.91 Å². The zero-order valence-electron chi connectivity index (χ0n) is 15.8. The highest BCUT2D eigenvalue weighted by Crippen LogP contribution is 2.28. The fourth-order valence-electron chi connectivity index (χ4n) is 3.43. The molecule has 27 heavy (non-hydrogen) atoms. The number of sulfonamides is 1. The summed E-state index contributed by atoms with van der Waals surface area (Å²) in [5.74, 6) is -0.0317. The Morgan fingerprint density at radius 2 is 1.89 bits per heavy atom. The summed E-state index contributed by atoms with van der Waals surface area (Å²) in [5, 5.41) is 3.06. The van der Waals surface area contributed by atoms with Crippen molar-refractivity contribution in [3.8, 4) is 0 Å². The van der Waals surface area contributed by atoms with Gasteiger partial charge in [-0.2, -0.15) is 0 Å². The minimum absolute atomic E-state index is 0.0813. The van der Waals surface area contributed by atoms with Crippen LogP contribution in [0, 0.1) is 6.92 Å². The number of aryl methyl sites for hydroxylation is 1. The Morgan fingerprint density at radius 1 is 1.15 bits per heavy atom. The van der Waals surface area contributed by atoms with E-state index in [0.29, 0.717) is 24.2 Å². The van der Waals surface area contributed by atoms with E-state index in [-0.39, 0.29) is 17.7 Å². The molecule has 1 aliphatic rings. The Balaban J connectivity index is 1.86. The maximum Gasteiger partial charge on any atom is 0.251 e. The average Bonchev–Trinajstić information content (AvgIpc) is 2.67. The highest BCUT2D eigenvalue weighted by molar-refractivity contribution is 7.92. The van der Waals surface area contributed by atoms with Crippen LogP contribution in [0.15, 0.2) is 48.5 Å². The minimum Gasteiger partial charge on any atom is -0.345 e. The van der Waals surface area contributed by atoms with E-state index < -0.39 is 10.0 Å². The molecule has 0 aromatic heterocycles. The second-order valence-corrected chi connectivity index (χ2v) is 8.95. The SMILES string of the molecule is CC[C@H](NC(=O)c1ccc(C)c(N2CCCCS2(=O)=O)c1)c1ccccc1. The monoisotopic (exact) mass is 386 g/mol. The number of anilines is 1. The highest BCUT2D eigenvalue weighted by Gasteiger charge is 2.27. The Bertz CT molecular complexity index is 910. The van der Waals surface area contributed by atoms with Crippen LogP contribution in [0.5, 0.6) is 0 Å². The van der Waals surface area contributed by atoms with Gasteiger partial charge in [-0.15, -0.1) is 0 Å². The van der Waals surface area contributed by atoms with Gasteiger partial charge in [-0.25, -0.2) is 8.42 Å². The lowest BCUT2D eigenvalue weighted by atomic mass is 10.0. The highest BCUT2D eigenvalue weighted by atomic mass is 32.2. The van der Waals surface area contributed by atoms with E-state index in [1.807, 2.05) is 50.2 Å². The Kier molecular flexibility index (Phi) is 5.85. The smallest absolute Gasteiger partial charge is 0.251 e. The molecule has 2 aromatic rings. The van der Waals surface area contributed by atoms with Crippen molar-refractivity contribution in [1.82, 2.24) is 5.32 Å². The molecule has 0 saturated carbocycles. The number of nitrogens with one attached hydrogen (secondary N) is 1. The molecule has 3 rings (SSSR count). The Hall–Kier alpha value is -2.34. The molecule has 0 aliphatic carbocycles. The molecule has 2 aromatic carbocycles. The van der Waals surface area contributed by atoms with Crippen molar-refractivity contribution in [1.29, 1.82) is 0 Å². The lowest BCUT2D eigenvalue weighted by Crippen LogP contribution is -2.38. The van der Waals surface area contributed by atoms with Gasteiger partial charge in [0.15, 0.2) is 0 Å². The van der Waals surface area contributed by atoms with Gasteiger partial charge in [-0.05, 0) is 49.4 Å². The lowest BCUT2D eigenvalue weighted by molar-refractivity contribution is 0.0935. The normalized spacial score (nSPS) is 17.3. The molecule has 6 heteroatoms. The Morgan fingerprint density at radius 3 is 2.56 bits per heavy atom. The fourth-order valence-corrected chi connectivity index (χ4v) is 5.12. The number of hydrogen-bond donors (Lipinski definition) is 1. The van der Waals surface area contributed by atoms with Crippen LogP contribution >= 0.6 is 0 Å². The van der Waals surface area contributed by atoms with Crippen molar-refractivity contribution < 1.29 is 13.2 Å². The predicted molar refractivity (Wildman–Crippen MR) is 108 cm³/mol. The summed E-state index contributed by atoms with van der Waals surface area (Å²) in [6.07, 6.45) is 2.29. The molecule has 1 heterocycles. The number of rotatable bonds is 5. The van der Waals surface area contributed by atoms with Crippen molar-refractivity contribution in [2.75, 3.05) is 16.6 Å². The van der Waals surface area contributed by atoms with E-state index in [0.717, 1.165) is 24.0 Å². The van der Waals surface area contributed by atoms with Crippen molar-refractivity contribution in [3.63, 3.8) is 0 Å². The zero-order valence-corrected chi connectivity index (χ0v) is 16.6. The first-order valence-corrected chi connectivity index (χ1v) is 11.0. The van der Waals surface area contributed by atoms with Crippen LogP contribution in [0.3, 0.4) is 0 Å². The van der Waals surface area contributed by atoms with E-state index in [4.69, 9.17) is 0 Å². The summed E-state index contributed by atoms with van der Waals surface area (Å²) in [7, 11) is -3.31. The fraction of sp³-hybridized carbons (Fsp3) is 0.381. The van der Waals surface area contributed by atoms with E-state index in [9.17, 15) is 13.2 Å². The third kappa shape index (κ3) is 4.33. The first-order chi connectivity index (χ1) is 12.9. The number of carbonyl (C=O) groups excluding carboxylic acids is 1. The molecule has 1 atom stereocenters. The molecular formula is C21H26N2O3S. The molecule has 1 aliphatic heterocycles. The van der Waals surface area contributed by atoms with Gasteiger partial charge in [0, 0.05) is 12.1 Å². The third-order valence-electron chi connectivity index (χ3n) is 5.00. The average molecular weight is 387 g/mol. The molecule has 5 nitrogen and oxygen atoms in total. The van der Waals surface area contributed by atoms with Gasteiger partial charge >= 0.3 is 0 Å². The summed E-state index contributed by atoms with van der Waals surface area (Å²) < 4.78 is 26.4. The first-order valence-electron chi connectivity index (χ1n) is 9.39. The molecule has 1 fully saturated rings. The lowest BCUT2D eigenvalue weighted by Gasteiger charge is -2.30. The van der Waals surface area contributed by atoms with Crippen LogP contribution in [0.2, 0.25) is 0 Å². The van der Waals surface area contributed by atoms with Crippen LogP contribution < -0.4 is 9.62 Å². The van der Waals surface area contributed by atoms with Crippen molar-refractivity contribution in [3.05, 3.63) is 65.2 Å². The minimum atomic E-state index is -3.31. The molecule has 1 saturated heterocycles. The predicted octanol–water partition coefficient (Wildman–Crippen LogP) is 3.81. The largest absolute Gasteiger partial charge is 0.345 e. The topological polar surface area (TPSA) is 66.5 Å². The number of hydrogen-bond acceptors (Lipinski definition) is 3. The summed E-state index contributed by atoms with van der Waals surface area (Å²) >= 11 is 0. The summed E-state index contributed by atoms with van der Waals surface area (Å²) in [5.41, 5.74) is 2.99. The number of nitrogens with zero attached hydrogens (tertiary/aromatic N) is 1. The molecule has 0 bridgehead atoms. The van der Waals surface area contributed by atoms with E-state index in [1.165, 1.54) is 4.31 Å². The molecule has 0 radical (unpaired) electrons. The van der Waals surface area contributed by atoms with E-state index in [2.05, 4.69) is 5.32 Å². The van der Waals surface area contributed by atoms with Gasteiger partial charge in [0.1, 0.15) is 0 Å².